The third-order valence-electron chi connectivity index (χ3n) is 6.22. The van der Waals surface area contributed by atoms with Crippen molar-refractivity contribution in [2.24, 2.45) is 5.41 Å². The molecule has 5 nitrogen and oxygen atoms in total. The first kappa shape index (κ1) is 25.1. The summed E-state index contributed by atoms with van der Waals surface area (Å²) in [5.41, 5.74) is 3.07. The smallest absolute Gasteiger partial charge is 0.331 e. The number of aromatic nitrogens is 2. The molecular weight excluding hydrogens is 422 g/mol. The van der Waals surface area contributed by atoms with Crippen LogP contribution in [0, 0.1) is 16.7 Å². The monoisotopic (exact) mass is 455 g/mol. The summed E-state index contributed by atoms with van der Waals surface area (Å²) in [6.45, 7) is 5.62. The Bertz CT molecular complexity index is 1100. The first-order valence-corrected chi connectivity index (χ1v) is 12.1. The van der Waals surface area contributed by atoms with Crippen molar-refractivity contribution in [3.05, 3.63) is 66.5 Å². The molecule has 1 aromatic heterocycles. The lowest BCUT2D eigenvalue weighted by atomic mass is 9.90. The van der Waals surface area contributed by atoms with E-state index in [2.05, 4.69) is 16.9 Å². The number of benzene rings is 2. The van der Waals surface area contributed by atoms with Crippen LogP contribution in [0.4, 0.5) is 0 Å². The van der Waals surface area contributed by atoms with E-state index < -0.39 is 11.4 Å². The number of aryl methyl sites for hydroxylation is 1. The van der Waals surface area contributed by atoms with Crippen LogP contribution < -0.4 is 4.74 Å². The predicted octanol–water partition coefficient (Wildman–Crippen LogP) is 7.17. The molecule has 0 saturated heterocycles. The van der Waals surface area contributed by atoms with E-state index in [1.54, 1.807) is 26.0 Å². The van der Waals surface area contributed by atoms with E-state index in [1.165, 1.54) is 37.7 Å². The Morgan fingerprint density at radius 2 is 1.44 bits per heavy atom. The summed E-state index contributed by atoms with van der Waals surface area (Å²) < 4.78 is 5.40. The van der Waals surface area contributed by atoms with Gasteiger partial charge in [-0.15, -0.1) is 0 Å². The van der Waals surface area contributed by atoms with Crippen LogP contribution in [0.2, 0.25) is 0 Å². The normalized spacial score (nSPS) is 12.5. The van der Waals surface area contributed by atoms with Gasteiger partial charge in [0.25, 0.3) is 0 Å². The molecule has 3 aromatic rings. The molecule has 0 spiro atoms. The maximum atomic E-state index is 12.3. The number of nitriles is 1. The van der Waals surface area contributed by atoms with Gasteiger partial charge in [-0.1, -0.05) is 75.9 Å². The number of nitrogens with zero attached hydrogens (tertiary/aromatic N) is 3. The summed E-state index contributed by atoms with van der Waals surface area (Å²) in [6, 6.07) is 17.4. The molecule has 5 heteroatoms. The molecule has 0 radical (unpaired) electrons. The van der Waals surface area contributed by atoms with Gasteiger partial charge in [-0.2, -0.15) is 5.26 Å². The van der Waals surface area contributed by atoms with Crippen molar-refractivity contribution in [1.29, 1.82) is 5.26 Å². The Morgan fingerprint density at radius 1 is 0.882 bits per heavy atom. The third-order valence-corrected chi connectivity index (χ3v) is 6.22. The summed E-state index contributed by atoms with van der Waals surface area (Å²) in [4.78, 5) is 21.4. The Balaban J connectivity index is 1.60. The lowest BCUT2D eigenvalue weighted by Gasteiger charge is -2.17. The highest BCUT2D eigenvalue weighted by molar-refractivity contribution is 5.81. The molecule has 3 rings (SSSR count). The van der Waals surface area contributed by atoms with Crippen LogP contribution in [0.25, 0.3) is 22.5 Å². The van der Waals surface area contributed by atoms with Crippen molar-refractivity contribution in [2.45, 2.75) is 65.7 Å². The molecule has 34 heavy (non-hydrogen) atoms. The summed E-state index contributed by atoms with van der Waals surface area (Å²) in [5, 5.41) is 9.25. The molecule has 1 unspecified atom stereocenters. The van der Waals surface area contributed by atoms with Gasteiger partial charge in [0.15, 0.2) is 11.2 Å². The molecule has 176 valence electrons. The minimum Gasteiger partial charge on any atom is -0.425 e. The van der Waals surface area contributed by atoms with E-state index in [9.17, 15) is 10.1 Å². The van der Waals surface area contributed by atoms with Gasteiger partial charge in [-0.3, -0.25) is 0 Å². The van der Waals surface area contributed by atoms with Gasteiger partial charge in [-0.25, -0.2) is 14.8 Å². The molecule has 0 amide bonds. The average Bonchev–Trinajstić information content (AvgIpc) is 2.89. The minimum absolute atomic E-state index is 0.401. The van der Waals surface area contributed by atoms with Crippen molar-refractivity contribution < 1.29 is 9.53 Å². The van der Waals surface area contributed by atoms with E-state index in [0.717, 1.165) is 28.9 Å². The number of unbranched alkanes of at least 4 members (excludes halogenated alkanes) is 4. The van der Waals surface area contributed by atoms with Crippen LogP contribution >= 0.6 is 0 Å². The summed E-state index contributed by atoms with van der Waals surface area (Å²) in [6.07, 6.45) is 11.6. The quantitative estimate of drug-likeness (QED) is 0.174. The van der Waals surface area contributed by atoms with E-state index in [1.807, 2.05) is 54.9 Å². The molecule has 0 aliphatic heterocycles. The molecule has 0 N–H and O–H groups in total. The molecule has 0 bridgehead atoms. The maximum Gasteiger partial charge on any atom is 0.331 e. The van der Waals surface area contributed by atoms with E-state index in [-0.39, 0.29) is 0 Å². The van der Waals surface area contributed by atoms with Crippen molar-refractivity contribution >= 4 is 5.97 Å². The van der Waals surface area contributed by atoms with Gasteiger partial charge in [-0.05, 0) is 55.0 Å². The fraction of sp³-hybridized carbons (Fsp3) is 0.379. The van der Waals surface area contributed by atoms with Crippen molar-refractivity contribution in [2.75, 3.05) is 0 Å². The zero-order valence-electron chi connectivity index (χ0n) is 20.4. The third kappa shape index (κ3) is 6.51. The molecule has 1 heterocycles. The number of rotatable bonds is 11. The molecule has 0 saturated carbocycles. The number of hydrogen-bond acceptors (Lipinski definition) is 5. The minimum atomic E-state index is -1.14. The first-order chi connectivity index (χ1) is 16.5. The fourth-order valence-corrected chi connectivity index (χ4v) is 3.58. The summed E-state index contributed by atoms with van der Waals surface area (Å²) in [7, 11) is 0. The predicted molar refractivity (Wildman–Crippen MR) is 135 cm³/mol. The average molecular weight is 456 g/mol. The van der Waals surface area contributed by atoms with Gasteiger partial charge in [0.05, 0.1) is 6.07 Å². The Hall–Kier alpha value is -3.52. The number of esters is 1. The zero-order valence-corrected chi connectivity index (χ0v) is 20.4. The largest absolute Gasteiger partial charge is 0.425 e. The second kappa shape index (κ2) is 12.1. The van der Waals surface area contributed by atoms with E-state index >= 15 is 0 Å². The van der Waals surface area contributed by atoms with Crippen molar-refractivity contribution in [3.8, 4) is 34.3 Å². The van der Waals surface area contributed by atoms with Crippen LogP contribution in [0.1, 0.15) is 64.9 Å². The van der Waals surface area contributed by atoms with Crippen molar-refractivity contribution in [1.82, 2.24) is 9.97 Å². The van der Waals surface area contributed by atoms with Crippen molar-refractivity contribution in [3.63, 3.8) is 0 Å². The lowest BCUT2D eigenvalue weighted by Crippen LogP contribution is -2.29. The Kier molecular flexibility index (Phi) is 8.93. The molecule has 0 fully saturated rings. The number of hydrogen-bond donors (Lipinski definition) is 0. The second-order valence-electron chi connectivity index (χ2n) is 8.87. The molecule has 0 aliphatic rings. The molecule has 0 aliphatic carbocycles. The summed E-state index contributed by atoms with van der Waals surface area (Å²) >= 11 is 0. The maximum absolute atomic E-state index is 12.3. The van der Waals surface area contributed by atoms with Gasteiger partial charge in [0, 0.05) is 18.0 Å². The SMILES string of the molecule is CCCCCCCc1cnc(-c2ccc(-c3ccc(OC(=O)C(C)(C#N)CC)cc3)cc2)nc1. The molecular formula is C29H33N3O2. The standard InChI is InChI=1S/C29H33N3O2/c1-4-6-7-8-9-10-22-19-31-27(32-20-22)25-13-11-23(12-14-25)24-15-17-26(18-16-24)34-28(33)29(3,5-2)21-30/h11-20H,4-10H2,1-3H3. The molecule has 2 aromatic carbocycles. The van der Waals surface area contributed by atoms with Crippen LogP contribution in [0.15, 0.2) is 60.9 Å². The lowest BCUT2D eigenvalue weighted by molar-refractivity contribution is -0.141. The van der Waals surface area contributed by atoms with Crippen LogP contribution in [-0.2, 0) is 11.2 Å². The second-order valence-corrected chi connectivity index (χ2v) is 8.87. The highest BCUT2D eigenvalue weighted by Crippen LogP contribution is 2.27. The highest BCUT2D eigenvalue weighted by Gasteiger charge is 2.33. The zero-order chi connectivity index (χ0) is 24.4. The van der Waals surface area contributed by atoms with E-state index in [0.29, 0.717) is 12.2 Å². The van der Waals surface area contributed by atoms with E-state index in [4.69, 9.17) is 4.74 Å². The summed E-state index contributed by atoms with van der Waals surface area (Å²) in [5.74, 6) is 0.622. The molecule has 1 atom stereocenters. The number of carbonyl (C=O) groups excluding carboxylic acids is 1. The Morgan fingerprint density at radius 3 is 2.00 bits per heavy atom. The van der Waals surface area contributed by atoms with Crippen LogP contribution in [0.5, 0.6) is 5.75 Å². The first-order valence-electron chi connectivity index (χ1n) is 12.1. The van der Waals surface area contributed by atoms with Gasteiger partial charge >= 0.3 is 5.97 Å². The fourth-order valence-electron chi connectivity index (χ4n) is 3.58. The number of carbonyl (C=O) groups is 1. The van der Waals surface area contributed by atoms with Gasteiger partial charge in [0.2, 0.25) is 0 Å². The highest BCUT2D eigenvalue weighted by atomic mass is 16.5. The van der Waals surface area contributed by atoms with Crippen LogP contribution in [0.3, 0.4) is 0 Å². The number of ether oxygens (including phenoxy) is 1. The topological polar surface area (TPSA) is 75.9 Å². The Labute approximate surface area is 202 Å². The van der Waals surface area contributed by atoms with Gasteiger partial charge in [0.1, 0.15) is 5.75 Å². The van der Waals surface area contributed by atoms with Crippen LogP contribution in [-0.4, -0.2) is 15.9 Å². The van der Waals surface area contributed by atoms with Gasteiger partial charge < -0.3 is 4.74 Å².